The van der Waals surface area contributed by atoms with Crippen LogP contribution in [0.5, 0.6) is 0 Å². The molecule has 0 aromatic carbocycles. The maximum Gasteiger partial charge on any atom is 0.224 e. The molecule has 0 amide bonds. The average molecular weight is 327 g/mol. The number of hydrogen-bond acceptors (Lipinski definition) is 7. The van der Waals surface area contributed by atoms with E-state index in [4.69, 9.17) is 0 Å². The molecule has 128 valence electrons. The molecule has 3 heterocycles. The summed E-state index contributed by atoms with van der Waals surface area (Å²) in [5.41, 5.74) is 1.66. The highest BCUT2D eigenvalue weighted by atomic mass is 15.3. The second kappa shape index (κ2) is 8.03. The Morgan fingerprint density at radius 3 is 2.62 bits per heavy atom. The number of likely N-dealkylation sites (N-methyl/N-ethyl adjacent to an activating group) is 1. The van der Waals surface area contributed by atoms with Crippen LogP contribution in [0.1, 0.15) is 0 Å². The van der Waals surface area contributed by atoms with E-state index >= 15 is 0 Å². The van der Waals surface area contributed by atoms with E-state index in [0.717, 1.165) is 56.5 Å². The highest BCUT2D eigenvalue weighted by Gasteiger charge is 2.13. The fourth-order valence-electron chi connectivity index (χ4n) is 2.71. The molecular formula is C17H25N7. The van der Waals surface area contributed by atoms with Crippen molar-refractivity contribution in [3.63, 3.8) is 0 Å². The van der Waals surface area contributed by atoms with E-state index < -0.39 is 0 Å². The van der Waals surface area contributed by atoms with E-state index in [1.165, 1.54) is 0 Å². The van der Waals surface area contributed by atoms with Gasteiger partial charge in [0.1, 0.15) is 5.82 Å². The zero-order valence-corrected chi connectivity index (χ0v) is 14.4. The number of anilines is 2. The zero-order chi connectivity index (χ0) is 16.8. The standard InChI is InChI=1S/C17H25N7/c1-18-17-21-15(14-5-3-4-6-19-14)13-16(22-17)20-7-8-24-11-9-23(2)10-12-24/h3-6,13H,7-12H2,1-2H3,(H2,18,20,21,22). The molecule has 1 aliphatic rings. The lowest BCUT2D eigenvalue weighted by molar-refractivity contribution is 0.158. The van der Waals surface area contributed by atoms with Crippen molar-refractivity contribution in [3.05, 3.63) is 30.5 Å². The van der Waals surface area contributed by atoms with Crippen molar-refractivity contribution in [1.29, 1.82) is 0 Å². The molecule has 7 nitrogen and oxygen atoms in total. The first-order chi connectivity index (χ1) is 11.7. The van der Waals surface area contributed by atoms with Gasteiger partial charge in [0.15, 0.2) is 0 Å². The zero-order valence-electron chi connectivity index (χ0n) is 14.4. The van der Waals surface area contributed by atoms with Crippen LogP contribution in [0.25, 0.3) is 11.4 Å². The van der Waals surface area contributed by atoms with Gasteiger partial charge in [0.25, 0.3) is 0 Å². The van der Waals surface area contributed by atoms with Crippen molar-refractivity contribution < 1.29 is 0 Å². The summed E-state index contributed by atoms with van der Waals surface area (Å²) >= 11 is 0. The molecule has 0 radical (unpaired) electrons. The number of piperazine rings is 1. The molecule has 2 aromatic heterocycles. The molecule has 1 aliphatic heterocycles. The Hall–Kier alpha value is -2.25. The van der Waals surface area contributed by atoms with E-state index in [9.17, 15) is 0 Å². The Kier molecular flexibility index (Phi) is 5.55. The van der Waals surface area contributed by atoms with Crippen molar-refractivity contribution in [1.82, 2.24) is 24.8 Å². The molecule has 3 rings (SSSR count). The van der Waals surface area contributed by atoms with Gasteiger partial charge < -0.3 is 15.5 Å². The van der Waals surface area contributed by atoms with Gasteiger partial charge in [-0.3, -0.25) is 9.88 Å². The van der Waals surface area contributed by atoms with Crippen molar-refractivity contribution >= 4 is 11.8 Å². The largest absolute Gasteiger partial charge is 0.369 e. The molecule has 0 aliphatic carbocycles. The maximum atomic E-state index is 4.49. The Bertz CT molecular complexity index is 639. The van der Waals surface area contributed by atoms with Crippen LogP contribution in [0.4, 0.5) is 11.8 Å². The molecular weight excluding hydrogens is 302 g/mol. The summed E-state index contributed by atoms with van der Waals surface area (Å²) in [5.74, 6) is 1.42. The van der Waals surface area contributed by atoms with Gasteiger partial charge in [0.2, 0.25) is 5.95 Å². The summed E-state index contributed by atoms with van der Waals surface area (Å²) in [6.07, 6.45) is 1.77. The third-order valence-electron chi connectivity index (χ3n) is 4.21. The summed E-state index contributed by atoms with van der Waals surface area (Å²) in [7, 11) is 4.00. The molecule has 2 aromatic rings. The molecule has 24 heavy (non-hydrogen) atoms. The third-order valence-corrected chi connectivity index (χ3v) is 4.21. The SMILES string of the molecule is CNc1nc(NCCN2CCN(C)CC2)cc(-c2ccccn2)n1. The van der Waals surface area contributed by atoms with Gasteiger partial charge in [-0.2, -0.15) is 4.98 Å². The van der Waals surface area contributed by atoms with Gasteiger partial charge in [0.05, 0.1) is 11.4 Å². The van der Waals surface area contributed by atoms with Crippen LogP contribution in [-0.2, 0) is 0 Å². The van der Waals surface area contributed by atoms with Gasteiger partial charge in [-0.25, -0.2) is 4.98 Å². The van der Waals surface area contributed by atoms with Crippen LogP contribution in [0.3, 0.4) is 0 Å². The summed E-state index contributed by atoms with van der Waals surface area (Å²) in [6, 6.07) is 7.77. The number of nitrogens with zero attached hydrogens (tertiary/aromatic N) is 5. The number of rotatable bonds is 6. The highest BCUT2D eigenvalue weighted by molar-refractivity contribution is 5.60. The summed E-state index contributed by atoms with van der Waals surface area (Å²) in [4.78, 5) is 18.2. The molecule has 1 saturated heterocycles. The van der Waals surface area contributed by atoms with Crippen LogP contribution in [0, 0.1) is 0 Å². The fourth-order valence-corrected chi connectivity index (χ4v) is 2.71. The quantitative estimate of drug-likeness (QED) is 0.827. The Labute approximate surface area is 143 Å². The van der Waals surface area contributed by atoms with E-state index in [1.54, 1.807) is 6.20 Å². The maximum absolute atomic E-state index is 4.49. The van der Waals surface area contributed by atoms with Gasteiger partial charge in [-0.1, -0.05) is 6.07 Å². The van der Waals surface area contributed by atoms with Gasteiger partial charge in [-0.15, -0.1) is 0 Å². The number of pyridine rings is 1. The molecule has 7 heteroatoms. The van der Waals surface area contributed by atoms with Crippen LogP contribution in [0.2, 0.25) is 0 Å². The van der Waals surface area contributed by atoms with Crippen molar-refractivity contribution in [2.24, 2.45) is 0 Å². The highest BCUT2D eigenvalue weighted by Crippen LogP contribution is 2.19. The Morgan fingerprint density at radius 2 is 1.92 bits per heavy atom. The second-order valence-corrected chi connectivity index (χ2v) is 6.00. The van der Waals surface area contributed by atoms with Gasteiger partial charge in [-0.05, 0) is 19.2 Å². The number of hydrogen-bond donors (Lipinski definition) is 2. The summed E-state index contributed by atoms with van der Waals surface area (Å²) in [5, 5.41) is 6.43. The molecule has 0 atom stereocenters. The lowest BCUT2D eigenvalue weighted by Gasteiger charge is -2.32. The average Bonchev–Trinajstić information content (AvgIpc) is 2.64. The Morgan fingerprint density at radius 1 is 1.08 bits per heavy atom. The molecule has 2 N–H and O–H groups in total. The third kappa shape index (κ3) is 4.39. The second-order valence-electron chi connectivity index (χ2n) is 6.00. The van der Waals surface area contributed by atoms with E-state index in [0.29, 0.717) is 5.95 Å². The van der Waals surface area contributed by atoms with Crippen LogP contribution in [0.15, 0.2) is 30.5 Å². The molecule has 0 bridgehead atoms. The minimum Gasteiger partial charge on any atom is -0.369 e. The fraction of sp³-hybridized carbons (Fsp3) is 0.471. The minimum absolute atomic E-state index is 0.597. The summed E-state index contributed by atoms with van der Waals surface area (Å²) in [6.45, 7) is 6.42. The van der Waals surface area contributed by atoms with Crippen LogP contribution >= 0.6 is 0 Å². The number of aromatic nitrogens is 3. The molecule has 1 fully saturated rings. The predicted molar refractivity (Wildman–Crippen MR) is 97.2 cm³/mol. The van der Waals surface area contributed by atoms with E-state index in [1.807, 2.05) is 31.3 Å². The molecule has 0 saturated carbocycles. The first kappa shape index (κ1) is 16.6. The van der Waals surface area contributed by atoms with Crippen molar-refractivity contribution in [2.75, 3.05) is 64.0 Å². The lowest BCUT2D eigenvalue weighted by Crippen LogP contribution is -2.45. The van der Waals surface area contributed by atoms with E-state index in [2.05, 4.69) is 42.4 Å². The van der Waals surface area contributed by atoms with E-state index in [-0.39, 0.29) is 0 Å². The first-order valence-corrected chi connectivity index (χ1v) is 8.37. The van der Waals surface area contributed by atoms with Crippen molar-refractivity contribution in [3.8, 4) is 11.4 Å². The van der Waals surface area contributed by atoms with Crippen LogP contribution < -0.4 is 10.6 Å². The monoisotopic (exact) mass is 327 g/mol. The first-order valence-electron chi connectivity index (χ1n) is 8.37. The summed E-state index contributed by atoms with van der Waals surface area (Å²) < 4.78 is 0. The van der Waals surface area contributed by atoms with Crippen molar-refractivity contribution in [2.45, 2.75) is 0 Å². The smallest absolute Gasteiger partial charge is 0.224 e. The molecule has 0 unspecified atom stereocenters. The Balaban J connectivity index is 1.62. The normalized spacial score (nSPS) is 16.1. The lowest BCUT2D eigenvalue weighted by atomic mass is 10.2. The van der Waals surface area contributed by atoms with Gasteiger partial charge >= 0.3 is 0 Å². The molecule has 0 spiro atoms. The topological polar surface area (TPSA) is 69.2 Å². The van der Waals surface area contributed by atoms with Crippen LogP contribution in [-0.4, -0.2) is 78.1 Å². The number of nitrogens with one attached hydrogen (secondary N) is 2. The predicted octanol–water partition coefficient (Wildman–Crippen LogP) is 1.24. The minimum atomic E-state index is 0.597. The van der Waals surface area contributed by atoms with Gasteiger partial charge in [0, 0.05) is 58.6 Å².